The second-order valence-electron chi connectivity index (χ2n) is 6.56. The summed E-state index contributed by atoms with van der Waals surface area (Å²) in [6.07, 6.45) is 0. The SMILES string of the molecule is CN1CCN(C(=O)[C@@H](NS(=O)(=O)c2cccc3ccccc23)C(N)=O)CC1. The minimum Gasteiger partial charge on any atom is -0.368 e. The number of hydrogen-bond acceptors (Lipinski definition) is 5. The van der Waals surface area contributed by atoms with E-state index in [1.54, 1.807) is 36.4 Å². The van der Waals surface area contributed by atoms with Gasteiger partial charge < -0.3 is 15.5 Å². The molecule has 1 atom stereocenters. The van der Waals surface area contributed by atoms with Crippen molar-refractivity contribution in [1.29, 1.82) is 0 Å². The van der Waals surface area contributed by atoms with Gasteiger partial charge in [-0.05, 0) is 18.5 Å². The number of piperazine rings is 1. The van der Waals surface area contributed by atoms with Crippen LogP contribution < -0.4 is 10.5 Å². The largest absolute Gasteiger partial charge is 0.368 e. The van der Waals surface area contributed by atoms with E-state index in [1.165, 1.54) is 11.0 Å². The van der Waals surface area contributed by atoms with Crippen molar-refractivity contribution in [3.63, 3.8) is 0 Å². The van der Waals surface area contributed by atoms with Crippen LogP contribution in [0.25, 0.3) is 10.8 Å². The van der Waals surface area contributed by atoms with E-state index in [0.29, 0.717) is 31.6 Å². The van der Waals surface area contributed by atoms with Crippen molar-refractivity contribution in [2.45, 2.75) is 10.9 Å². The molecule has 2 aromatic rings. The first-order valence-corrected chi connectivity index (χ1v) is 10.0. The van der Waals surface area contributed by atoms with E-state index in [2.05, 4.69) is 4.72 Å². The number of carbonyl (C=O) groups excluding carboxylic acids is 2. The van der Waals surface area contributed by atoms with Gasteiger partial charge >= 0.3 is 0 Å². The summed E-state index contributed by atoms with van der Waals surface area (Å²) in [5, 5.41) is 1.24. The highest BCUT2D eigenvalue weighted by Gasteiger charge is 2.34. The van der Waals surface area contributed by atoms with E-state index < -0.39 is 27.9 Å². The molecular formula is C18H22N4O4S. The Morgan fingerprint density at radius 2 is 1.67 bits per heavy atom. The second kappa shape index (κ2) is 7.63. The van der Waals surface area contributed by atoms with Gasteiger partial charge in [-0.2, -0.15) is 4.72 Å². The van der Waals surface area contributed by atoms with Crippen LogP contribution in [0.2, 0.25) is 0 Å². The minimum absolute atomic E-state index is 0.00183. The van der Waals surface area contributed by atoms with Gasteiger partial charge in [-0.25, -0.2) is 8.42 Å². The van der Waals surface area contributed by atoms with Gasteiger partial charge in [0.1, 0.15) is 0 Å². The minimum atomic E-state index is -4.13. The molecule has 0 aliphatic carbocycles. The third-order valence-electron chi connectivity index (χ3n) is 4.66. The number of nitrogens with zero attached hydrogens (tertiary/aromatic N) is 2. The Bertz CT molecular complexity index is 963. The molecule has 0 unspecified atom stereocenters. The normalized spacial score (nSPS) is 17.0. The van der Waals surface area contributed by atoms with Crippen molar-refractivity contribution < 1.29 is 18.0 Å². The molecule has 144 valence electrons. The lowest BCUT2D eigenvalue weighted by molar-refractivity contribution is -0.138. The fourth-order valence-electron chi connectivity index (χ4n) is 3.09. The summed E-state index contributed by atoms with van der Waals surface area (Å²) in [6, 6.07) is 10.2. The van der Waals surface area contributed by atoms with Gasteiger partial charge in [-0.3, -0.25) is 9.59 Å². The number of nitrogens with two attached hydrogens (primary N) is 1. The number of benzene rings is 2. The average Bonchev–Trinajstić information content (AvgIpc) is 2.65. The maximum Gasteiger partial charge on any atom is 0.250 e. The van der Waals surface area contributed by atoms with E-state index in [4.69, 9.17) is 5.73 Å². The fourth-order valence-corrected chi connectivity index (χ4v) is 4.48. The van der Waals surface area contributed by atoms with Gasteiger partial charge in [-0.15, -0.1) is 0 Å². The quantitative estimate of drug-likeness (QED) is 0.684. The number of amides is 2. The van der Waals surface area contributed by atoms with Crippen molar-refractivity contribution >= 4 is 32.6 Å². The Morgan fingerprint density at radius 1 is 1.04 bits per heavy atom. The number of likely N-dealkylation sites (N-methyl/N-ethyl adjacent to an activating group) is 1. The van der Waals surface area contributed by atoms with Crippen LogP contribution in [0.5, 0.6) is 0 Å². The lowest BCUT2D eigenvalue weighted by Crippen LogP contribution is -2.58. The van der Waals surface area contributed by atoms with Crippen LogP contribution in [0.3, 0.4) is 0 Å². The summed E-state index contributed by atoms with van der Waals surface area (Å²) in [5.41, 5.74) is 5.35. The first kappa shape index (κ1) is 19.3. The molecule has 8 nitrogen and oxygen atoms in total. The van der Waals surface area contributed by atoms with Crippen LogP contribution in [-0.2, 0) is 19.6 Å². The maximum atomic E-state index is 12.9. The van der Waals surface area contributed by atoms with Gasteiger partial charge in [0, 0.05) is 31.6 Å². The van der Waals surface area contributed by atoms with E-state index in [0.717, 1.165) is 5.39 Å². The summed E-state index contributed by atoms with van der Waals surface area (Å²) in [5.74, 6) is -1.65. The predicted molar refractivity (Wildman–Crippen MR) is 101 cm³/mol. The Labute approximate surface area is 158 Å². The predicted octanol–water partition coefficient (Wildman–Crippen LogP) is -0.254. The number of rotatable bonds is 5. The van der Waals surface area contributed by atoms with E-state index >= 15 is 0 Å². The fraction of sp³-hybridized carbons (Fsp3) is 0.333. The van der Waals surface area contributed by atoms with Crippen molar-refractivity contribution in [2.24, 2.45) is 5.73 Å². The molecule has 0 spiro atoms. The van der Waals surface area contributed by atoms with Crippen LogP contribution in [0.15, 0.2) is 47.4 Å². The number of carbonyl (C=O) groups is 2. The van der Waals surface area contributed by atoms with Gasteiger partial charge in [0.15, 0.2) is 6.04 Å². The summed E-state index contributed by atoms with van der Waals surface area (Å²) in [6.45, 7) is 2.12. The second-order valence-corrected chi connectivity index (χ2v) is 8.24. The Hall–Kier alpha value is -2.49. The molecule has 1 aliphatic heterocycles. The maximum absolute atomic E-state index is 12.9. The van der Waals surface area contributed by atoms with Gasteiger partial charge in [0.2, 0.25) is 15.9 Å². The van der Waals surface area contributed by atoms with Gasteiger partial charge in [0.25, 0.3) is 5.91 Å². The lowest BCUT2D eigenvalue weighted by Gasteiger charge is -2.34. The van der Waals surface area contributed by atoms with E-state index in [-0.39, 0.29) is 4.90 Å². The molecule has 1 aliphatic rings. The van der Waals surface area contributed by atoms with Gasteiger partial charge in [-0.1, -0.05) is 36.4 Å². The smallest absolute Gasteiger partial charge is 0.250 e. The number of hydrogen-bond donors (Lipinski definition) is 2. The number of primary amides is 1. The molecule has 2 amide bonds. The van der Waals surface area contributed by atoms with E-state index in [9.17, 15) is 18.0 Å². The third-order valence-corrected chi connectivity index (χ3v) is 6.14. The zero-order valence-electron chi connectivity index (χ0n) is 15.0. The van der Waals surface area contributed by atoms with E-state index in [1.807, 2.05) is 11.9 Å². The van der Waals surface area contributed by atoms with Crippen LogP contribution >= 0.6 is 0 Å². The molecular weight excluding hydrogens is 368 g/mol. The number of sulfonamides is 1. The number of fused-ring (bicyclic) bond motifs is 1. The summed E-state index contributed by atoms with van der Waals surface area (Å²) in [4.78, 5) is 28.1. The molecule has 1 heterocycles. The molecule has 0 radical (unpaired) electrons. The highest BCUT2D eigenvalue weighted by atomic mass is 32.2. The van der Waals surface area contributed by atoms with Crippen LogP contribution in [0, 0.1) is 0 Å². The Kier molecular flexibility index (Phi) is 5.45. The standard InChI is InChI=1S/C18H22N4O4S/c1-21-9-11-22(12-10-21)18(24)16(17(19)23)20-27(25,26)15-8-4-6-13-5-2-3-7-14(13)15/h2-8,16,20H,9-12H2,1H3,(H2,19,23)/t16-/m0/s1. The Morgan fingerprint density at radius 3 is 2.33 bits per heavy atom. The highest BCUT2D eigenvalue weighted by molar-refractivity contribution is 7.89. The monoisotopic (exact) mass is 390 g/mol. The zero-order valence-corrected chi connectivity index (χ0v) is 15.8. The van der Waals surface area contributed by atoms with Crippen LogP contribution in [-0.4, -0.2) is 69.3 Å². The molecule has 0 saturated carbocycles. The zero-order chi connectivity index (χ0) is 19.6. The molecule has 0 aromatic heterocycles. The van der Waals surface area contributed by atoms with Crippen molar-refractivity contribution in [2.75, 3.05) is 33.2 Å². The summed E-state index contributed by atoms with van der Waals surface area (Å²) in [7, 11) is -2.21. The lowest BCUT2D eigenvalue weighted by atomic mass is 10.1. The highest BCUT2D eigenvalue weighted by Crippen LogP contribution is 2.23. The number of nitrogens with one attached hydrogen (secondary N) is 1. The van der Waals surface area contributed by atoms with Gasteiger partial charge in [0.05, 0.1) is 4.90 Å². The molecule has 0 bridgehead atoms. The molecule has 3 rings (SSSR count). The summed E-state index contributed by atoms with van der Waals surface area (Å²) >= 11 is 0. The van der Waals surface area contributed by atoms with Crippen molar-refractivity contribution in [1.82, 2.24) is 14.5 Å². The third kappa shape index (κ3) is 4.10. The molecule has 3 N–H and O–H groups in total. The topological polar surface area (TPSA) is 113 Å². The van der Waals surface area contributed by atoms with Crippen LogP contribution in [0.4, 0.5) is 0 Å². The molecule has 9 heteroatoms. The average molecular weight is 390 g/mol. The van der Waals surface area contributed by atoms with Crippen molar-refractivity contribution in [3.05, 3.63) is 42.5 Å². The first-order valence-electron chi connectivity index (χ1n) is 8.56. The molecule has 1 fully saturated rings. The first-order chi connectivity index (χ1) is 12.8. The Balaban J connectivity index is 1.89. The molecule has 2 aromatic carbocycles. The molecule has 1 saturated heterocycles. The summed E-state index contributed by atoms with van der Waals surface area (Å²) < 4.78 is 28.0. The van der Waals surface area contributed by atoms with Crippen LogP contribution in [0.1, 0.15) is 0 Å². The van der Waals surface area contributed by atoms with Crippen molar-refractivity contribution in [3.8, 4) is 0 Å². The molecule has 27 heavy (non-hydrogen) atoms.